The van der Waals surface area contributed by atoms with Crippen molar-refractivity contribution < 1.29 is 14.2 Å². The molecular weight excluding hydrogens is 289 g/mol. The summed E-state index contributed by atoms with van der Waals surface area (Å²) in [5.41, 5.74) is 0. The molecule has 0 aliphatic rings. The standard InChI is InChI=1S/C16H20FNO2S/c1-2-18(11-14-6-5-9-21-14)10-13(19)12-20-16-8-4-3-7-15(16)17/h3-9,13,19H,2,10-12H2,1H3. The smallest absolute Gasteiger partial charge is 0.165 e. The van der Waals surface area contributed by atoms with Crippen molar-refractivity contribution in [2.75, 3.05) is 19.7 Å². The van der Waals surface area contributed by atoms with Crippen molar-refractivity contribution in [2.24, 2.45) is 0 Å². The van der Waals surface area contributed by atoms with Gasteiger partial charge < -0.3 is 9.84 Å². The Balaban J connectivity index is 1.80. The van der Waals surface area contributed by atoms with Crippen molar-refractivity contribution >= 4 is 11.3 Å². The van der Waals surface area contributed by atoms with Gasteiger partial charge in [-0.2, -0.15) is 0 Å². The number of benzene rings is 1. The minimum absolute atomic E-state index is 0.0852. The van der Waals surface area contributed by atoms with Crippen LogP contribution >= 0.6 is 11.3 Å². The van der Waals surface area contributed by atoms with Gasteiger partial charge in [0, 0.05) is 18.0 Å². The molecule has 1 heterocycles. The molecule has 0 fully saturated rings. The van der Waals surface area contributed by atoms with E-state index in [0.29, 0.717) is 6.54 Å². The van der Waals surface area contributed by atoms with Crippen LogP contribution < -0.4 is 4.74 Å². The third kappa shape index (κ3) is 5.12. The van der Waals surface area contributed by atoms with Crippen LogP contribution in [0.5, 0.6) is 5.75 Å². The van der Waals surface area contributed by atoms with Gasteiger partial charge in [-0.05, 0) is 30.1 Å². The molecule has 0 spiro atoms. The number of hydrogen-bond donors (Lipinski definition) is 1. The molecule has 0 aliphatic heterocycles. The lowest BCUT2D eigenvalue weighted by Gasteiger charge is -2.23. The van der Waals surface area contributed by atoms with E-state index >= 15 is 0 Å². The Labute approximate surface area is 128 Å². The third-order valence-electron chi connectivity index (χ3n) is 3.14. The van der Waals surface area contributed by atoms with Gasteiger partial charge >= 0.3 is 0 Å². The number of likely N-dealkylation sites (N-methyl/N-ethyl adjacent to an activating group) is 1. The van der Waals surface area contributed by atoms with Crippen LogP contribution in [-0.2, 0) is 6.54 Å². The van der Waals surface area contributed by atoms with Crippen molar-refractivity contribution in [3.8, 4) is 5.75 Å². The van der Waals surface area contributed by atoms with Crippen molar-refractivity contribution in [1.82, 2.24) is 4.90 Å². The van der Waals surface area contributed by atoms with E-state index < -0.39 is 11.9 Å². The maximum Gasteiger partial charge on any atom is 0.165 e. The fraction of sp³-hybridized carbons (Fsp3) is 0.375. The molecule has 0 bridgehead atoms. The first-order valence-electron chi connectivity index (χ1n) is 6.99. The summed E-state index contributed by atoms with van der Waals surface area (Å²) in [6, 6.07) is 10.3. The predicted octanol–water partition coefficient (Wildman–Crippen LogP) is 3.15. The van der Waals surface area contributed by atoms with Crippen LogP contribution in [-0.4, -0.2) is 35.8 Å². The second-order valence-corrected chi connectivity index (χ2v) is 5.83. The van der Waals surface area contributed by atoms with Gasteiger partial charge in [-0.25, -0.2) is 4.39 Å². The fourth-order valence-corrected chi connectivity index (χ4v) is 2.77. The van der Waals surface area contributed by atoms with E-state index in [1.807, 2.05) is 11.4 Å². The number of aliphatic hydroxyl groups excluding tert-OH is 1. The Bertz CT molecular complexity index is 533. The highest BCUT2D eigenvalue weighted by atomic mass is 32.1. The predicted molar refractivity (Wildman–Crippen MR) is 83.2 cm³/mol. The van der Waals surface area contributed by atoms with Crippen LogP contribution in [0, 0.1) is 5.82 Å². The largest absolute Gasteiger partial charge is 0.488 e. The number of hydrogen-bond acceptors (Lipinski definition) is 4. The normalized spacial score (nSPS) is 12.6. The SMILES string of the molecule is CCN(Cc1cccs1)CC(O)COc1ccccc1F. The van der Waals surface area contributed by atoms with Gasteiger partial charge in [-0.15, -0.1) is 11.3 Å². The lowest BCUT2D eigenvalue weighted by molar-refractivity contribution is 0.0664. The maximum absolute atomic E-state index is 13.4. The molecular formula is C16H20FNO2S. The van der Waals surface area contributed by atoms with Crippen LogP contribution in [0.15, 0.2) is 41.8 Å². The molecule has 1 N–H and O–H groups in total. The number of thiophene rings is 1. The first-order chi connectivity index (χ1) is 10.2. The molecule has 2 rings (SSSR count). The highest BCUT2D eigenvalue weighted by Gasteiger charge is 2.13. The summed E-state index contributed by atoms with van der Waals surface area (Å²) in [6.45, 7) is 4.29. The molecule has 5 heteroatoms. The first-order valence-corrected chi connectivity index (χ1v) is 7.87. The summed E-state index contributed by atoms with van der Waals surface area (Å²) in [7, 11) is 0. The van der Waals surface area contributed by atoms with Crippen LogP contribution in [0.2, 0.25) is 0 Å². The van der Waals surface area contributed by atoms with Crippen LogP contribution in [0.3, 0.4) is 0 Å². The van der Waals surface area contributed by atoms with Gasteiger partial charge in [0.15, 0.2) is 11.6 Å². The van der Waals surface area contributed by atoms with E-state index in [0.717, 1.165) is 13.1 Å². The van der Waals surface area contributed by atoms with E-state index in [2.05, 4.69) is 17.9 Å². The zero-order valence-electron chi connectivity index (χ0n) is 12.0. The van der Waals surface area contributed by atoms with E-state index in [1.165, 1.54) is 10.9 Å². The Kier molecular flexibility index (Phi) is 6.17. The van der Waals surface area contributed by atoms with E-state index in [9.17, 15) is 9.50 Å². The molecule has 1 aromatic carbocycles. The molecule has 0 saturated carbocycles. The Morgan fingerprint density at radius 2 is 2.10 bits per heavy atom. The highest BCUT2D eigenvalue weighted by Crippen LogP contribution is 2.16. The molecule has 1 aromatic heterocycles. The van der Waals surface area contributed by atoms with Gasteiger partial charge in [0.1, 0.15) is 12.7 Å². The van der Waals surface area contributed by atoms with Crippen molar-refractivity contribution in [2.45, 2.75) is 19.6 Å². The van der Waals surface area contributed by atoms with Gasteiger partial charge in [-0.3, -0.25) is 4.90 Å². The van der Waals surface area contributed by atoms with Gasteiger partial charge in [0.2, 0.25) is 0 Å². The fourth-order valence-electron chi connectivity index (χ4n) is 2.03. The zero-order chi connectivity index (χ0) is 15.1. The number of rotatable bonds is 8. The Hall–Kier alpha value is -1.43. The lowest BCUT2D eigenvalue weighted by Crippen LogP contribution is -2.35. The molecule has 0 amide bonds. The molecule has 1 unspecified atom stereocenters. The summed E-state index contributed by atoms with van der Waals surface area (Å²) >= 11 is 1.70. The third-order valence-corrected chi connectivity index (χ3v) is 4.00. The highest BCUT2D eigenvalue weighted by molar-refractivity contribution is 7.09. The van der Waals surface area contributed by atoms with Crippen molar-refractivity contribution in [1.29, 1.82) is 0 Å². The number of halogens is 1. The van der Waals surface area contributed by atoms with Gasteiger partial charge in [0.25, 0.3) is 0 Å². The lowest BCUT2D eigenvalue weighted by atomic mass is 10.3. The average Bonchev–Trinajstić information content (AvgIpc) is 2.98. The molecule has 114 valence electrons. The summed E-state index contributed by atoms with van der Waals surface area (Å²) in [4.78, 5) is 3.40. The van der Waals surface area contributed by atoms with Crippen LogP contribution in [0.1, 0.15) is 11.8 Å². The second-order valence-electron chi connectivity index (χ2n) is 4.80. The zero-order valence-corrected chi connectivity index (χ0v) is 12.9. The molecule has 3 nitrogen and oxygen atoms in total. The quantitative estimate of drug-likeness (QED) is 0.813. The summed E-state index contributed by atoms with van der Waals surface area (Å²) < 4.78 is 18.7. The summed E-state index contributed by atoms with van der Waals surface area (Å²) in [5, 5.41) is 12.1. The van der Waals surface area contributed by atoms with Crippen molar-refractivity contribution in [3.63, 3.8) is 0 Å². The summed E-state index contributed by atoms with van der Waals surface area (Å²) in [5.74, 6) is -0.228. The Morgan fingerprint density at radius 1 is 1.29 bits per heavy atom. The van der Waals surface area contributed by atoms with E-state index in [-0.39, 0.29) is 12.4 Å². The van der Waals surface area contributed by atoms with Crippen LogP contribution in [0.25, 0.3) is 0 Å². The second kappa shape index (κ2) is 8.12. The monoisotopic (exact) mass is 309 g/mol. The average molecular weight is 309 g/mol. The van der Waals surface area contributed by atoms with E-state index in [1.54, 1.807) is 29.5 Å². The number of aliphatic hydroxyl groups is 1. The van der Waals surface area contributed by atoms with Crippen molar-refractivity contribution in [3.05, 3.63) is 52.5 Å². The minimum atomic E-state index is -0.649. The molecule has 21 heavy (non-hydrogen) atoms. The summed E-state index contributed by atoms with van der Waals surface area (Å²) in [6.07, 6.45) is -0.649. The number of para-hydroxylation sites is 1. The first kappa shape index (κ1) is 15.9. The van der Waals surface area contributed by atoms with Crippen LogP contribution in [0.4, 0.5) is 4.39 Å². The molecule has 0 saturated heterocycles. The number of ether oxygens (including phenoxy) is 1. The molecule has 1 atom stereocenters. The Morgan fingerprint density at radius 3 is 2.76 bits per heavy atom. The van der Waals surface area contributed by atoms with E-state index in [4.69, 9.17) is 4.74 Å². The molecule has 2 aromatic rings. The molecule has 0 radical (unpaired) electrons. The topological polar surface area (TPSA) is 32.7 Å². The molecule has 0 aliphatic carbocycles. The van der Waals surface area contributed by atoms with Gasteiger partial charge in [-0.1, -0.05) is 25.1 Å². The number of nitrogens with zero attached hydrogens (tertiary/aromatic N) is 1. The minimum Gasteiger partial charge on any atom is -0.488 e. The van der Waals surface area contributed by atoms with Gasteiger partial charge in [0.05, 0.1) is 0 Å². The maximum atomic E-state index is 13.4.